The Labute approximate surface area is 127 Å². The first kappa shape index (κ1) is 16.3. The van der Waals surface area contributed by atoms with Crippen molar-refractivity contribution >= 4 is 11.9 Å². The first-order valence-electron chi connectivity index (χ1n) is 8.13. The zero-order chi connectivity index (χ0) is 15.7. The van der Waals surface area contributed by atoms with Crippen LogP contribution < -0.4 is 10.6 Å². The van der Waals surface area contributed by atoms with E-state index >= 15 is 0 Å². The van der Waals surface area contributed by atoms with Crippen LogP contribution >= 0.6 is 0 Å². The van der Waals surface area contributed by atoms with Crippen molar-refractivity contribution in [3.05, 3.63) is 0 Å². The maximum absolute atomic E-state index is 12.7. The number of amides is 3. The summed E-state index contributed by atoms with van der Waals surface area (Å²) in [5, 5.41) is 6.39. The van der Waals surface area contributed by atoms with Gasteiger partial charge in [-0.25, -0.2) is 4.79 Å². The Hall–Kier alpha value is -1.10. The predicted molar refractivity (Wildman–Crippen MR) is 83.0 cm³/mol. The van der Waals surface area contributed by atoms with Crippen LogP contribution in [-0.4, -0.2) is 41.0 Å². The highest BCUT2D eigenvalue weighted by molar-refractivity contribution is 6.07. The molecule has 1 saturated heterocycles. The lowest BCUT2D eigenvalue weighted by molar-refractivity contribution is -0.132. The molecule has 0 bridgehead atoms. The van der Waals surface area contributed by atoms with Gasteiger partial charge in [0.15, 0.2) is 0 Å². The monoisotopic (exact) mass is 295 g/mol. The second-order valence-electron chi connectivity index (χ2n) is 7.72. The molecule has 0 aromatic rings. The Balaban J connectivity index is 1.94. The number of nitrogens with zero attached hydrogens (tertiary/aromatic N) is 1. The van der Waals surface area contributed by atoms with Gasteiger partial charge in [0, 0.05) is 12.1 Å². The average Bonchev–Trinajstić information content (AvgIpc) is 2.61. The van der Waals surface area contributed by atoms with E-state index in [4.69, 9.17) is 0 Å². The van der Waals surface area contributed by atoms with Crippen LogP contribution in [0, 0.1) is 5.92 Å². The van der Waals surface area contributed by atoms with Crippen molar-refractivity contribution in [3.8, 4) is 0 Å². The smallest absolute Gasteiger partial charge is 0.323 e. The molecule has 2 fully saturated rings. The van der Waals surface area contributed by atoms with Crippen molar-refractivity contribution in [2.24, 2.45) is 5.92 Å². The summed E-state index contributed by atoms with van der Waals surface area (Å²) < 4.78 is 0. The van der Waals surface area contributed by atoms with Crippen molar-refractivity contribution < 1.29 is 9.59 Å². The third kappa shape index (κ3) is 3.76. The number of urea groups is 1. The second kappa shape index (κ2) is 5.95. The molecule has 1 atom stereocenters. The molecule has 1 heterocycles. The van der Waals surface area contributed by atoms with Crippen molar-refractivity contribution in [2.45, 2.75) is 70.9 Å². The molecule has 1 saturated carbocycles. The fourth-order valence-corrected chi connectivity index (χ4v) is 3.19. The van der Waals surface area contributed by atoms with Gasteiger partial charge in [0.1, 0.15) is 5.54 Å². The number of carbonyl (C=O) groups excluding carboxylic acids is 2. The third-order valence-electron chi connectivity index (χ3n) is 4.43. The highest BCUT2D eigenvalue weighted by Crippen LogP contribution is 2.33. The topological polar surface area (TPSA) is 61.4 Å². The SMILES string of the molecule is CC(CNC(C)(C)C)CN1C(=O)NC2(CCCCC2)C1=O. The molecule has 5 nitrogen and oxygen atoms in total. The molecule has 21 heavy (non-hydrogen) atoms. The van der Waals surface area contributed by atoms with Crippen LogP contribution in [0.2, 0.25) is 0 Å². The molecule has 2 N–H and O–H groups in total. The van der Waals surface area contributed by atoms with Gasteiger partial charge in [-0.3, -0.25) is 9.69 Å². The fraction of sp³-hybridized carbons (Fsp3) is 0.875. The summed E-state index contributed by atoms with van der Waals surface area (Å²) in [7, 11) is 0. The summed E-state index contributed by atoms with van der Waals surface area (Å²) >= 11 is 0. The zero-order valence-corrected chi connectivity index (χ0v) is 13.8. The van der Waals surface area contributed by atoms with Crippen LogP contribution in [0.5, 0.6) is 0 Å². The highest BCUT2D eigenvalue weighted by Gasteiger charge is 2.51. The average molecular weight is 295 g/mol. The first-order chi connectivity index (χ1) is 9.73. The van der Waals surface area contributed by atoms with Gasteiger partial charge in [-0.15, -0.1) is 0 Å². The zero-order valence-electron chi connectivity index (χ0n) is 13.8. The molecule has 0 aromatic heterocycles. The lowest BCUT2D eigenvalue weighted by Crippen LogP contribution is -2.48. The molecule has 2 aliphatic rings. The van der Waals surface area contributed by atoms with Crippen LogP contribution in [-0.2, 0) is 4.79 Å². The van der Waals surface area contributed by atoms with E-state index in [0.717, 1.165) is 38.6 Å². The molecular weight excluding hydrogens is 266 g/mol. The van der Waals surface area contributed by atoms with Gasteiger partial charge < -0.3 is 10.6 Å². The van der Waals surface area contributed by atoms with E-state index in [2.05, 4.69) is 38.3 Å². The van der Waals surface area contributed by atoms with Gasteiger partial charge >= 0.3 is 6.03 Å². The van der Waals surface area contributed by atoms with Gasteiger partial charge in [-0.2, -0.15) is 0 Å². The van der Waals surface area contributed by atoms with Gasteiger partial charge in [-0.1, -0.05) is 26.2 Å². The normalized spacial score (nSPS) is 23.5. The number of carbonyl (C=O) groups is 2. The minimum atomic E-state index is -0.591. The number of nitrogens with one attached hydrogen (secondary N) is 2. The second-order valence-corrected chi connectivity index (χ2v) is 7.72. The van der Waals surface area contributed by atoms with E-state index in [1.807, 2.05) is 0 Å². The maximum atomic E-state index is 12.7. The Morgan fingerprint density at radius 2 is 1.86 bits per heavy atom. The van der Waals surface area contributed by atoms with Crippen molar-refractivity contribution in [2.75, 3.05) is 13.1 Å². The molecule has 1 spiro atoms. The fourth-order valence-electron chi connectivity index (χ4n) is 3.19. The lowest BCUT2D eigenvalue weighted by Gasteiger charge is -2.31. The third-order valence-corrected chi connectivity index (χ3v) is 4.43. The molecule has 0 radical (unpaired) electrons. The van der Waals surface area contributed by atoms with Crippen LogP contribution in [0.15, 0.2) is 0 Å². The summed E-state index contributed by atoms with van der Waals surface area (Å²) in [6.45, 7) is 9.72. The van der Waals surface area contributed by atoms with Crippen molar-refractivity contribution in [1.29, 1.82) is 0 Å². The maximum Gasteiger partial charge on any atom is 0.325 e. The Morgan fingerprint density at radius 1 is 1.24 bits per heavy atom. The van der Waals surface area contributed by atoms with E-state index in [9.17, 15) is 9.59 Å². The van der Waals surface area contributed by atoms with Crippen LogP contribution in [0.3, 0.4) is 0 Å². The molecule has 5 heteroatoms. The molecular formula is C16H29N3O2. The van der Waals surface area contributed by atoms with E-state index in [0.29, 0.717) is 6.54 Å². The Kier molecular flexibility index (Phi) is 4.61. The first-order valence-corrected chi connectivity index (χ1v) is 8.13. The molecule has 3 amide bonds. The summed E-state index contributed by atoms with van der Waals surface area (Å²) in [5.41, 5.74) is -0.539. The van der Waals surface area contributed by atoms with Crippen molar-refractivity contribution in [1.82, 2.24) is 15.5 Å². The Morgan fingerprint density at radius 3 is 2.43 bits per heavy atom. The van der Waals surface area contributed by atoms with Gasteiger partial charge in [-0.05, 0) is 46.1 Å². The number of hydrogen-bond donors (Lipinski definition) is 2. The Bertz CT molecular complexity index is 408. The molecule has 1 unspecified atom stereocenters. The summed E-state index contributed by atoms with van der Waals surface area (Å²) in [6, 6.07) is -0.204. The minimum Gasteiger partial charge on any atom is -0.323 e. The van der Waals surface area contributed by atoms with E-state index in [1.165, 1.54) is 4.90 Å². The van der Waals surface area contributed by atoms with E-state index < -0.39 is 5.54 Å². The summed E-state index contributed by atoms with van der Waals surface area (Å²) in [4.78, 5) is 26.3. The van der Waals surface area contributed by atoms with Gasteiger partial charge in [0.25, 0.3) is 5.91 Å². The summed E-state index contributed by atoms with van der Waals surface area (Å²) in [6.07, 6.45) is 4.81. The molecule has 1 aliphatic carbocycles. The quantitative estimate of drug-likeness (QED) is 0.782. The summed E-state index contributed by atoms with van der Waals surface area (Å²) in [5.74, 6) is 0.243. The number of hydrogen-bond acceptors (Lipinski definition) is 3. The number of rotatable bonds is 4. The minimum absolute atomic E-state index is 0.00481. The van der Waals surface area contributed by atoms with Crippen LogP contribution in [0.25, 0.3) is 0 Å². The highest BCUT2D eigenvalue weighted by atomic mass is 16.2. The lowest BCUT2D eigenvalue weighted by atomic mass is 9.81. The molecule has 0 aromatic carbocycles. The standard InChI is InChI=1S/C16H29N3O2/c1-12(10-17-15(2,3)4)11-19-13(20)16(18-14(19)21)8-6-5-7-9-16/h12,17H,5-11H2,1-4H3,(H,18,21). The van der Waals surface area contributed by atoms with Gasteiger partial charge in [0.2, 0.25) is 0 Å². The van der Waals surface area contributed by atoms with E-state index in [1.54, 1.807) is 0 Å². The molecule has 120 valence electrons. The van der Waals surface area contributed by atoms with Crippen LogP contribution in [0.1, 0.15) is 59.8 Å². The van der Waals surface area contributed by atoms with E-state index in [-0.39, 0.29) is 23.4 Å². The predicted octanol–water partition coefficient (Wildman–Crippen LogP) is 2.27. The molecule has 1 aliphatic heterocycles. The van der Waals surface area contributed by atoms with Gasteiger partial charge in [0.05, 0.1) is 0 Å². The largest absolute Gasteiger partial charge is 0.325 e. The van der Waals surface area contributed by atoms with Crippen LogP contribution in [0.4, 0.5) is 4.79 Å². The van der Waals surface area contributed by atoms with Crippen molar-refractivity contribution in [3.63, 3.8) is 0 Å². The number of imide groups is 1. The molecule has 2 rings (SSSR count).